The normalized spacial score (nSPS) is 11.4. The Labute approximate surface area is 138 Å². The molecule has 10 heteroatoms. The van der Waals surface area contributed by atoms with Gasteiger partial charge in [0.15, 0.2) is 15.7 Å². The lowest BCUT2D eigenvalue weighted by Crippen LogP contribution is -2.03. The van der Waals surface area contributed by atoms with Crippen LogP contribution in [0.2, 0.25) is 0 Å². The number of aryl methyl sites for hydroxylation is 1. The van der Waals surface area contributed by atoms with Crippen LogP contribution in [-0.4, -0.2) is 39.8 Å². The zero-order valence-electron chi connectivity index (χ0n) is 13.0. The molecule has 24 heavy (non-hydrogen) atoms. The molecule has 4 N–H and O–H groups in total. The Hall–Kier alpha value is -3.01. The lowest BCUT2D eigenvalue weighted by Gasteiger charge is -2.07. The van der Waals surface area contributed by atoms with Crippen molar-refractivity contribution in [1.82, 2.24) is 25.1 Å². The van der Waals surface area contributed by atoms with E-state index in [1.165, 1.54) is 18.3 Å². The third-order valence-electron chi connectivity index (χ3n) is 3.19. The van der Waals surface area contributed by atoms with Crippen LogP contribution in [0.25, 0.3) is 11.4 Å². The number of nitrogens with two attached hydrogens (primary N) is 1. The van der Waals surface area contributed by atoms with Gasteiger partial charge in [0.25, 0.3) is 0 Å². The van der Waals surface area contributed by atoms with Crippen molar-refractivity contribution < 1.29 is 8.42 Å². The molecule has 0 fully saturated rings. The van der Waals surface area contributed by atoms with E-state index in [2.05, 4.69) is 30.5 Å². The lowest BCUT2D eigenvalue weighted by atomic mass is 10.3. The Balaban J connectivity index is 1.82. The van der Waals surface area contributed by atoms with Crippen LogP contribution < -0.4 is 11.1 Å². The first-order valence-corrected chi connectivity index (χ1v) is 8.81. The van der Waals surface area contributed by atoms with E-state index < -0.39 is 9.84 Å². The molecule has 2 heterocycles. The van der Waals surface area contributed by atoms with Gasteiger partial charge >= 0.3 is 0 Å². The highest BCUT2D eigenvalue weighted by Crippen LogP contribution is 2.22. The zero-order chi connectivity index (χ0) is 17.3. The van der Waals surface area contributed by atoms with E-state index in [1.807, 2.05) is 0 Å². The zero-order valence-corrected chi connectivity index (χ0v) is 13.8. The minimum Gasteiger partial charge on any atom is -0.383 e. The van der Waals surface area contributed by atoms with Crippen molar-refractivity contribution in [2.45, 2.75) is 11.8 Å². The number of nitrogen functional groups attached to an aromatic ring is 1. The van der Waals surface area contributed by atoms with Crippen LogP contribution in [0.15, 0.2) is 35.4 Å². The molecule has 0 bridgehead atoms. The van der Waals surface area contributed by atoms with Crippen molar-refractivity contribution in [3.8, 4) is 11.4 Å². The van der Waals surface area contributed by atoms with E-state index in [4.69, 9.17) is 5.73 Å². The summed E-state index contributed by atoms with van der Waals surface area (Å²) >= 11 is 0. The third kappa shape index (κ3) is 3.33. The van der Waals surface area contributed by atoms with E-state index in [9.17, 15) is 8.42 Å². The number of benzene rings is 1. The van der Waals surface area contributed by atoms with Crippen LogP contribution in [-0.2, 0) is 9.84 Å². The maximum atomic E-state index is 11.4. The highest BCUT2D eigenvalue weighted by Gasteiger charge is 2.11. The van der Waals surface area contributed by atoms with Crippen LogP contribution in [0.4, 0.5) is 17.5 Å². The predicted molar refractivity (Wildman–Crippen MR) is 89.4 cm³/mol. The van der Waals surface area contributed by atoms with E-state index in [-0.39, 0.29) is 16.7 Å². The number of hydrogen-bond acceptors (Lipinski definition) is 8. The van der Waals surface area contributed by atoms with E-state index in [1.54, 1.807) is 19.1 Å². The smallest absolute Gasteiger partial charge is 0.229 e. The molecule has 3 aromatic rings. The van der Waals surface area contributed by atoms with Crippen LogP contribution in [0.1, 0.15) is 5.82 Å². The fourth-order valence-corrected chi connectivity index (χ4v) is 2.64. The lowest BCUT2D eigenvalue weighted by molar-refractivity contribution is 0.602. The first-order valence-electron chi connectivity index (χ1n) is 6.92. The number of hydrogen-bond donors (Lipinski definition) is 3. The topological polar surface area (TPSA) is 140 Å². The second-order valence-corrected chi connectivity index (χ2v) is 7.17. The molecule has 0 saturated carbocycles. The number of nitrogens with one attached hydrogen (secondary N) is 2. The van der Waals surface area contributed by atoms with Gasteiger partial charge in [0.2, 0.25) is 5.95 Å². The summed E-state index contributed by atoms with van der Waals surface area (Å²) in [5.74, 6) is 1.61. The van der Waals surface area contributed by atoms with Gasteiger partial charge in [-0.15, -0.1) is 0 Å². The standard InChI is InChI=1S/C14H15N7O2S/c1-8-17-13(21-20-8)11-7-16-14(19-12(11)15)18-9-3-5-10(6-4-9)24(2,22)23/h3-7H,1-2H3,(H,17,20,21)(H3,15,16,18,19). The Kier molecular flexibility index (Phi) is 3.89. The molecule has 0 atom stereocenters. The summed E-state index contributed by atoms with van der Waals surface area (Å²) in [6.07, 6.45) is 2.68. The maximum absolute atomic E-state index is 11.4. The van der Waals surface area contributed by atoms with Gasteiger partial charge in [-0.05, 0) is 31.2 Å². The Morgan fingerprint density at radius 3 is 2.42 bits per heavy atom. The van der Waals surface area contributed by atoms with E-state index in [0.29, 0.717) is 22.9 Å². The molecule has 0 amide bonds. The SMILES string of the molecule is Cc1nc(-c2cnc(Nc3ccc(S(C)(=O)=O)cc3)nc2N)n[nH]1. The van der Waals surface area contributed by atoms with Gasteiger partial charge in [0, 0.05) is 18.1 Å². The average molecular weight is 345 g/mol. The number of anilines is 3. The Morgan fingerprint density at radius 1 is 1.17 bits per heavy atom. The molecule has 1 aromatic carbocycles. The molecule has 0 spiro atoms. The van der Waals surface area contributed by atoms with Crippen molar-refractivity contribution in [3.05, 3.63) is 36.3 Å². The first-order chi connectivity index (χ1) is 11.3. The number of nitrogens with zero attached hydrogens (tertiary/aromatic N) is 4. The minimum absolute atomic E-state index is 0.235. The van der Waals surface area contributed by atoms with Crippen LogP contribution in [0, 0.1) is 6.92 Å². The number of aromatic nitrogens is 5. The summed E-state index contributed by atoms with van der Waals surface area (Å²) in [5, 5.41) is 9.71. The molecular weight excluding hydrogens is 330 g/mol. The van der Waals surface area contributed by atoms with Crippen molar-refractivity contribution >= 4 is 27.3 Å². The van der Waals surface area contributed by atoms with Gasteiger partial charge in [-0.3, -0.25) is 5.10 Å². The van der Waals surface area contributed by atoms with Crippen LogP contribution in [0.3, 0.4) is 0 Å². The average Bonchev–Trinajstić information content (AvgIpc) is 2.93. The van der Waals surface area contributed by atoms with Crippen molar-refractivity contribution in [3.63, 3.8) is 0 Å². The van der Waals surface area contributed by atoms with E-state index in [0.717, 1.165) is 6.26 Å². The van der Waals surface area contributed by atoms with Gasteiger partial charge in [0.1, 0.15) is 11.6 Å². The molecule has 0 aliphatic heterocycles. The third-order valence-corrected chi connectivity index (χ3v) is 4.32. The molecule has 3 rings (SSSR count). The summed E-state index contributed by atoms with van der Waals surface area (Å²) in [6.45, 7) is 1.78. The van der Waals surface area contributed by atoms with Crippen molar-refractivity contribution in [1.29, 1.82) is 0 Å². The fraction of sp³-hybridized carbons (Fsp3) is 0.143. The van der Waals surface area contributed by atoms with Crippen LogP contribution >= 0.6 is 0 Å². The van der Waals surface area contributed by atoms with Crippen LogP contribution in [0.5, 0.6) is 0 Å². The van der Waals surface area contributed by atoms with E-state index >= 15 is 0 Å². The molecule has 0 aliphatic rings. The summed E-state index contributed by atoms with van der Waals surface area (Å²) in [6, 6.07) is 6.27. The molecule has 0 unspecified atom stereocenters. The Bertz CT molecular complexity index is 981. The molecule has 0 aliphatic carbocycles. The molecule has 2 aromatic heterocycles. The van der Waals surface area contributed by atoms with Gasteiger partial charge < -0.3 is 11.1 Å². The second-order valence-electron chi connectivity index (χ2n) is 5.16. The highest BCUT2D eigenvalue weighted by atomic mass is 32.2. The summed E-state index contributed by atoms with van der Waals surface area (Å²) in [7, 11) is -3.23. The Morgan fingerprint density at radius 2 is 1.88 bits per heavy atom. The second kappa shape index (κ2) is 5.89. The molecular formula is C14H15N7O2S. The number of sulfone groups is 1. The molecule has 0 radical (unpaired) electrons. The summed E-state index contributed by atoms with van der Waals surface area (Å²) in [5.41, 5.74) is 7.10. The van der Waals surface area contributed by atoms with Gasteiger partial charge in [0.05, 0.1) is 10.5 Å². The van der Waals surface area contributed by atoms with Crippen molar-refractivity contribution in [2.24, 2.45) is 0 Å². The minimum atomic E-state index is -3.23. The number of aromatic amines is 1. The fourth-order valence-electron chi connectivity index (χ4n) is 2.01. The number of rotatable bonds is 4. The monoisotopic (exact) mass is 345 g/mol. The summed E-state index contributed by atoms with van der Waals surface area (Å²) in [4.78, 5) is 12.8. The van der Waals surface area contributed by atoms with Gasteiger partial charge in [-0.2, -0.15) is 10.1 Å². The molecule has 0 saturated heterocycles. The highest BCUT2D eigenvalue weighted by molar-refractivity contribution is 7.90. The largest absolute Gasteiger partial charge is 0.383 e. The number of H-pyrrole nitrogens is 1. The maximum Gasteiger partial charge on any atom is 0.229 e. The quantitative estimate of drug-likeness (QED) is 0.643. The van der Waals surface area contributed by atoms with Gasteiger partial charge in [-0.25, -0.2) is 18.4 Å². The van der Waals surface area contributed by atoms with Gasteiger partial charge in [-0.1, -0.05) is 0 Å². The predicted octanol–water partition coefficient (Wildman–Crippen LogP) is 1.30. The molecule has 124 valence electrons. The summed E-state index contributed by atoms with van der Waals surface area (Å²) < 4.78 is 22.9. The first kappa shape index (κ1) is 15.9. The molecule has 9 nitrogen and oxygen atoms in total. The van der Waals surface area contributed by atoms with Crippen molar-refractivity contribution in [2.75, 3.05) is 17.3 Å².